The van der Waals surface area contributed by atoms with Gasteiger partial charge in [0.25, 0.3) is 0 Å². The summed E-state index contributed by atoms with van der Waals surface area (Å²) in [5.74, 6) is -1.22. The molecule has 2 fully saturated rings. The summed E-state index contributed by atoms with van der Waals surface area (Å²) in [5.41, 5.74) is 0.718. The maximum Gasteiger partial charge on any atom is 0.387 e. The number of ether oxygens (including phenoxy) is 1. The Bertz CT molecular complexity index is 809. The van der Waals surface area contributed by atoms with Crippen LogP contribution in [0.25, 0.3) is 0 Å². The van der Waals surface area contributed by atoms with Gasteiger partial charge in [-0.05, 0) is 36.0 Å². The van der Waals surface area contributed by atoms with Crippen molar-refractivity contribution >= 4 is 17.7 Å². The van der Waals surface area contributed by atoms with Crippen molar-refractivity contribution in [2.45, 2.75) is 19.6 Å². The summed E-state index contributed by atoms with van der Waals surface area (Å²) in [6, 6.07) is 5.97. The molecular formula is C20H20F2N2O4. The first-order chi connectivity index (χ1) is 13.3. The predicted molar refractivity (Wildman–Crippen MR) is 94.0 cm³/mol. The lowest BCUT2D eigenvalue weighted by atomic mass is 9.85. The number of allylic oxidation sites excluding steroid dienone is 2. The van der Waals surface area contributed by atoms with E-state index in [1.54, 1.807) is 19.2 Å². The summed E-state index contributed by atoms with van der Waals surface area (Å²) in [6.45, 7) is -2.94. The van der Waals surface area contributed by atoms with Gasteiger partial charge in [0.05, 0.1) is 11.8 Å². The molecule has 8 heteroatoms. The van der Waals surface area contributed by atoms with E-state index in [2.05, 4.69) is 4.74 Å². The second-order valence-corrected chi connectivity index (χ2v) is 7.53. The summed E-state index contributed by atoms with van der Waals surface area (Å²) >= 11 is 0. The van der Waals surface area contributed by atoms with E-state index in [0.717, 1.165) is 16.9 Å². The molecular weight excluding hydrogens is 370 g/mol. The Balaban J connectivity index is 1.36. The molecule has 0 unspecified atom stereocenters. The van der Waals surface area contributed by atoms with E-state index < -0.39 is 6.61 Å². The molecule has 1 aromatic rings. The molecule has 148 valence electrons. The van der Waals surface area contributed by atoms with Crippen molar-refractivity contribution in [3.8, 4) is 5.75 Å². The molecule has 3 aliphatic rings. The SMILES string of the molecule is CN(Cc1ccc(OC(F)F)cc1)C(=O)CN1C(=O)[C@@H]2[C@@H](C1=O)[C@H]1C=C[C@H]2C1. The Morgan fingerprint density at radius 1 is 1.14 bits per heavy atom. The van der Waals surface area contributed by atoms with Crippen LogP contribution >= 0.6 is 0 Å². The number of imide groups is 1. The Kier molecular flexibility index (Phi) is 4.64. The molecule has 28 heavy (non-hydrogen) atoms. The van der Waals surface area contributed by atoms with Gasteiger partial charge < -0.3 is 9.64 Å². The molecule has 1 aromatic carbocycles. The number of alkyl halides is 2. The molecule has 1 saturated heterocycles. The molecule has 1 heterocycles. The minimum absolute atomic E-state index is 0.0377. The number of benzene rings is 1. The summed E-state index contributed by atoms with van der Waals surface area (Å²) < 4.78 is 28.7. The highest BCUT2D eigenvalue weighted by Crippen LogP contribution is 2.52. The average Bonchev–Trinajstić information content (AvgIpc) is 3.33. The van der Waals surface area contributed by atoms with Crippen molar-refractivity contribution in [1.82, 2.24) is 9.80 Å². The van der Waals surface area contributed by atoms with Crippen molar-refractivity contribution in [1.29, 1.82) is 0 Å². The largest absolute Gasteiger partial charge is 0.435 e. The van der Waals surface area contributed by atoms with Gasteiger partial charge in [0.2, 0.25) is 17.7 Å². The Morgan fingerprint density at radius 2 is 1.71 bits per heavy atom. The maximum absolute atomic E-state index is 12.7. The molecule has 0 radical (unpaired) electrons. The van der Waals surface area contributed by atoms with Gasteiger partial charge in [-0.25, -0.2) is 0 Å². The van der Waals surface area contributed by atoms with Gasteiger partial charge in [0, 0.05) is 13.6 Å². The Labute approximate surface area is 160 Å². The Morgan fingerprint density at radius 3 is 2.25 bits per heavy atom. The number of carbonyl (C=O) groups excluding carboxylic acids is 3. The van der Waals surface area contributed by atoms with Crippen LogP contribution < -0.4 is 4.74 Å². The fraction of sp³-hybridized carbons (Fsp3) is 0.450. The highest BCUT2D eigenvalue weighted by atomic mass is 19.3. The number of fused-ring (bicyclic) bond motifs is 5. The van der Waals surface area contributed by atoms with Crippen molar-refractivity contribution in [2.24, 2.45) is 23.7 Å². The highest BCUT2D eigenvalue weighted by Gasteiger charge is 2.59. The summed E-state index contributed by atoms with van der Waals surface area (Å²) in [4.78, 5) is 40.4. The number of halogens is 2. The topological polar surface area (TPSA) is 66.9 Å². The van der Waals surface area contributed by atoms with Gasteiger partial charge in [-0.15, -0.1) is 0 Å². The van der Waals surface area contributed by atoms with Crippen LogP contribution in [0.5, 0.6) is 5.75 Å². The lowest BCUT2D eigenvalue weighted by molar-refractivity contribution is -0.146. The van der Waals surface area contributed by atoms with Gasteiger partial charge in [0.1, 0.15) is 12.3 Å². The van der Waals surface area contributed by atoms with Gasteiger partial charge in [-0.3, -0.25) is 19.3 Å². The van der Waals surface area contributed by atoms with Crippen LogP contribution in [0.15, 0.2) is 36.4 Å². The van der Waals surface area contributed by atoms with Crippen LogP contribution in [-0.2, 0) is 20.9 Å². The zero-order valence-corrected chi connectivity index (χ0v) is 15.3. The Hall–Kier alpha value is -2.77. The van der Waals surface area contributed by atoms with Crippen LogP contribution in [0.4, 0.5) is 8.78 Å². The molecule has 1 saturated carbocycles. The van der Waals surface area contributed by atoms with Crippen molar-refractivity contribution in [3.63, 3.8) is 0 Å². The van der Waals surface area contributed by atoms with Crippen LogP contribution in [0, 0.1) is 23.7 Å². The minimum Gasteiger partial charge on any atom is -0.435 e. The molecule has 1 aliphatic heterocycles. The number of rotatable bonds is 6. The van der Waals surface area contributed by atoms with Gasteiger partial charge >= 0.3 is 6.61 Å². The number of hydrogen-bond donors (Lipinski definition) is 0. The molecule has 6 nitrogen and oxygen atoms in total. The monoisotopic (exact) mass is 390 g/mol. The zero-order chi connectivity index (χ0) is 20.0. The molecule has 4 atom stereocenters. The quantitative estimate of drug-likeness (QED) is 0.551. The molecule has 2 aliphatic carbocycles. The van der Waals surface area contributed by atoms with Crippen LogP contribution in [-0.4, -0.2) is 47.7 Å². The van der Waals surface area contributed by atoms with E-state index in [0.29, 0.717) is 0 Å². The van der Waals surface area contributed by atoms with Crippen molar-refractivity contribution in [2.75, 3.05) is 13.6 Å². The van der Waals surface area contributed by atoms with Crippen LogP contribution in [0.2, 0.25) is 0 Å². The second kappa shape index (κ2) is 7.00. The fourth-order valence-corrected chi connectivity index (χ4v) is 4.51. The zero-order valence-electron chi connectivity index (χ0n) is 15.3. The predicted octanol–water partition coefficient (Wildman–Crippen LogP) is 2.05. The molecule has 2 bridgehead atoms. The molecule has 0 aromatic heterocycles. The summed E-state index contributed by atoms with van der Waals surface area (Å²) in [7, 11) is 1.57. The number of likely N-dealkylation sites (tertiary alicyclic amines) is 1. The molecule has 0 N–H and O–H groups in total. The number of amides is 3. The fourth-order valence-electron chi connectivity index (χ4n) is 4.51. The highest BCUT2D eigenvalue weighted by molar-refractivity contribution is 6.08. The molecule has 4 rings (SSSR count). The smallest absolute Gasteiger partial charge is 0.387 e. The third-order valence-corrected chi connectivity index (χ3v) is 5.85. The maximum atomic E-state index is 12.7. The lowest BCUT2D eigenvalue weighted by Gasteiger charge is -2.22. The second-order valence-electron chi connectivity index (χ2n) is 7.53. The van der Waals surface area contributed by atoms with Gasteiger partial charge in [0.15, 0.2) is 0 Å². The summed E-state index contributed by atoms with van der Waals surface area (Å²) in [5, 5.41) is 0. The van der Waals surface area contributed by atoms with Gasteiger partial charge in [-0.1, -0.05) is 24.3 Å². The van der Waals surface area contributed by atoms with E-state index in [-0.39, 0.29) is 60.2 Å². The third-order valence-electron chi connectivity index (χ3n) is 5.85. The van der Waals surface area contributed by atoms with E-state index in [9.17, 15) is 23.2 Å². The van der Waals surface area contributed by atoms with E-state index in [4.69, 9.17) is 0 Å². The molecule has 0 spiro atoms. The number of likely N-dealkylation sites (N-methyl/N-ethyl adjacent to an activating group) is 1. The average molecular weight is 390 g/mol. The number of nitrogens with zero attached hydrogens (tertiary/aromatic N) is 2. The first-order valence-corrected chi connectivity index (χ1v) is 9.16. The number of hydrogen-bond acceptors (Lipinski definition) is 4. The normalized spacial score (nSPS) is 27.6. The third kappa shape index (κ3) is 3.16. The first kappa shape index (κ1) is 18.6. The van der Waals surface area contributed by atoms with Crippen molar-refractivity contribution in [3.05, 3.63) is 42.0 Å². The van der Waals surface area contributed by atoms with E-state index >= 15 is 0 Å². The number of carbonyl (C=O) groups is 3. The van der Waals surface area contributed by atoms with Crippen LogP contribution in [0.1, 0.15) is 12.0 Å². The van der Waals surface area contributed by atoms with E-state index in [1.807, 2.05) is 12.2 Å². The molecule has 3 amide bonds. The standard InChI is InChI=1S/C20H20F2N2O4/c1-23(9-11-2-6-14(7-3-11)28-20(21)22)15(25)10-24-18(26)16-12-4-5-13(8-12)17(16)19(24)27/h2-7,12-13,16-17,20H,8-10H2,1H3/t12-,13-,16-,17-/m0/s1. The van der Waals surface area contributed by atoms with E-state index in [1.165, 1.54) is 17.0 Å². The van der Waals surface area contributed by atoms with Crippen LogP contribution in [0.3, 0.4) is 0 Å². The first-order valence-electron chi connectivity index (χ1n) is 9.16. The van der Waals surface area contributed by atoms with Crippen molar-refractivity contribution < 1.29 is 27.9 Å². The minimum atomic E-state index is -2.89. The summed E-state index contributed by atoms with van der Waals surface area (Å²) in [6.07, 6.45) is 4.87. The lowest BCUT2D eigenvalue weighted by Crippen LogP contribution is -2.42. The van der Waals surface area contributed by atoms with Gasteiger partial charge in [-0.2, -0.15) is 8.78 Å².